The monoisotopic (exact) mass is 448 g/mol. The number of benzene rings is 2. The molecule has 0 aliphatic carbocycles. The molecule has 3 amide bonds. The normalized spacial score (nSPS) is 15.3. The summed E-state index contributed by atoms with van der Waals surface area (Å²) >= 11 is 6.11. The lowest BCUT2D eigenvalue weighted by molar-refractivity contribution is -0.123. The lowest BCUT2D eigenvalue weighted by atomic mass is 10.0. The SMILES string of the molecule is [C-]#[N+]c1ccc(N2C(=O)N(CCCOc3ccc4cccnc4c3)C(C)(C)C2=O)cc1Cl. The molecule has 1 aliphatic rings. The van der Waals surface area contributed by atoms with Crippen molar-refractivity contribution in [3.8, 4) is 5.75 Å². The van der Waals surface area contributed by atoms with Crippen LogP contribution in [0, 0.1) is 6.57 Å². The number of halogens is 1. The van der Waals surface area contributed by atoms with Gasteiger partial charge in [0.05, 0.1) is 24.4 Å². The highest BCUT2D eigenvalue weighted by atomic mass is 35.5. The molecule has 7 nitrogen and oxygen atoms in total. The fourth-order valence-corrected chi connectivity index (χ4v) is 3.93. The molecule has 0 saturated carbocycles. The van der Waals surface area contributed by atoms with Crippen molar-refractivity contribution in [3.63, 3.8) is 0 Å². The Morgan fingerprint density at radius 2 is 1.97 bits per heavy atom. The number of urea groups is 1. The van der Waals surface area contributed by atoms with E-state index in [9.17, 15) is 9.59 Å². The van der Waals surface area contributed by atoms with Gasteiger partial charge in [0, 0.05) is 29.2 Å². The zero-order chi connectivity index (χ0) is 22.9. The van der Waals surface area contributed by atoms with Crippen molar-refractivity contribution in [1.82, 2.24) is 9.88 Å². The number of aromatic nitrogens is 1. The van der Waals surface area contributed by atoms with Crippen LogP contribution in [0.15, 0.2) is 54.7 Å². The maximum atomic E-state index is 13.1. The van der Waals surface area contributed by atoms with Crippen LogP contribution in [0.4, 0.5) is 16.2 Å². The van der Waals surface area contributed by atoms with Gasteiger partial charge in [-0.05, 0) is 50.6 Å². The lowest BCUT2D eigenvalue weighted by Gasteiger charge is -2.27. The number of nitrogens with zero attached hydrogens (tertiary/aromatic N) is 4. The first-order chi connectivity index (χ1) is 15.3. The Labute approximate surface area is 191 Å². The van der Waals surface area contributed by atoms with E-state index in [1.807, 2.05) is 30.3 Å². The summed E-state index contributed by atoms with van der Waals surface area (Å²) in [6.45, 7) is 11.3. The van der Waals surface area contributed by atoms with Crippen LogP contribution in [0.2, 0.25) is 5.02 Å². The number of anilines is 1. The first-order valence-corrected chi connectivity index (χ1v) is 10.5. The van der Waals surface area contributed by atoms with Crippen molar-refractivity contribution in [2.24, 2.45) is 0 Å². The van der Waals surface area contributed by atoms with Crippen LogP contribution in [-0.2, 0) is 4.79 Å². The van der Waals surface area contributed by atoms with Crippen LogP contribution in [0.3, 0.4) is 0 Å². The smallest absolute Gasteiger partial charge is 0.332 e. The van der Waals surface area contributed by atoms with Gasteiger partial charge in [-0.25, -0.2) is 14.5 Å². The van der Waals surface area contributed by atoms with E-state index in [1.165, 1.54) is 17.0 Å². The first kappa shape index (κ1) is 21.6. The van der Waals surface area contributed by atoms with E-state index in [4.69, 9.17) is 22.9 Å². The van der Waals surface area contributed by atoms with Crippen molar-refractivity contribution in [2.75, 3.05) is 18.1 Å². The van der Waals surface area contributed by atoms with Gasteiger partial charge in [0.2, 0.25) is 5.69 Å². The van der Waals surface area contributed by atoms with Gasteiger partial charge >= 0.3 is 6.03 Å². The van der Waals surface area contributed by atoms with E-state index < -0.39 is 11.6 Å². The zero-order valence-corrected chi connectivity index (χ0v) is 18.5. The zero-order valence-electron chi connectivity index (χ0n) is 17.7. The molecule has 1 saturated heterocycles. The van der Waals surface area contributed by atoms with Crippen molar-refractivity contribution in [3.05, 3.63) is 71.2 Å². The van der Waals surface area contributed by atoms with Crippen LogP contribution in [0.25, 0.3) is 15.7 Å². The average Bonchev–Trinajstić information content (AvgIpc) is 2.95. The third kappa shape index (κ3) is 3.85. The summed E-state index contributed by atoms with van der Waals surface area (Å²) in [7, 11) is 0. The van der Waals surface area contributed by atoms with Crippen LogP contribution >= 0.6 is 11.6 Å². The van der Waals surface area contributed by atoms with Crippen LogP contribution in [-0.4, -0.2) is 40.5 Å². The van der Waals surface area contributed by atoms with E-state index in [0.717, 1.165) is 15.8 Å². The van der Waals surface area contributed by atoms with Gasteiger partial charge in [0.25, 0.3) is 5.91 Å². The van der Waals surface area contributed by atoms with Crippen molar-refractivity contribution < 1.29 is 14.3 Å². The summed E-state index contributed by atoms with van der Waals surface area (Å²) in [5.74, 6) is 0.367. The Kier molecular flexibility index (Phi) is 5.72. The van der Waals surface area contributed by atoms with Gasteiger partial charge < -0.3 is 9.64 Å². The summed E-state index contributed by atoms with van der Waals surface area (Å²) < 4.78 is 5.83. The summed E-state index contributed by atoms with van der Waals surface area (Å²) in [6, 6.07) is 13.7. The minimum absolute atomic E-state index is 0.202. The third-order valence-electron chi connectivity index (χ3n) is 5.51. The molecule has 0 spiro atoms. The molecule has 1 aromatic heterocycles. The minimum Gasteiger partial charge on any atom is -0.493 e. The maximum absolute atomic E-state index is 13.1. The number of imide groups is 1. The average molecular weight is 449 g/mol. The Hall–Kier alpha value is -3.63. The second-order valence-corrected chi connectivity index (χ2v) is 8.35. The van der Waals surface area contributed by atoms with E-state index in [0.29, 0.717) is 31.0 Å². The molecule has 0 atom stereocenters. The molecule has 1 fully saturated rings. The summed E-state index contributed by atoms with van der Waals surface area (Å²) in [5.41, 5.74) is 0.471. The van der Waals surface area contributed by atoms with E-state index in [2.05, 4.69) is 9.83 Å². The summed E-state index contributed by atoms with van der Waals surface area (Å²) in [6.07, 6.45) is 2.28. The number of hydrogen-bond acceptors (Lipinski definition) is 4. The number of carbonyl (C=O) groups is 2. The maximum Gasteiger partial charge on any atom is 0.332 e. The number of amides is 3. The van der Waals surface area contributed by atoms with Gasteiger partial charge in [0.15, 0.2) is 0 Å². The molecule has 32 heavy (non-hydrogen) atoms. The number of hydrogen-bond donors (Lipinski definition) is 0. The van der Waals surface area contributed by atoms with E-state index >= 15 is 0 Å². The molecular weight excluding hydrogens is 428 g/mol. The molecule has 2 heterocycles. The predicted molar refractivity (Wildman–Crippen MR) is 123 cm³/mol. The highest BCUT2D eigenvalue weighted by molar-refractivity contribution is 6.34. The van der Waals surface area contributed by atoms with Crippen LogP contribution in [0.1, 0.15) is 20.3 Å². The topological polar surface area (TPSA) is 67.1 Å². The van der Waals surface area contributed by atoms with Crippen molar-refractivity contribution in [1.29, 1.82) is 0 Å². The predicted octanol–water partition coefficient (Wildman–Crippen LogP) is 5.46. The quantitative estimate of drug-likeness (QED) is 0.285. The number of carbonyl (C=O) groups excluding carboxylic acids is 2. The minimum atomic E-state index is -1.01. The Balaban J connectivity index is 1.42. The summed E-state index contributed by atoms with van der Waals surface area (Å²) in [4.78, 5) is 36.4. The van der Waals surface area contributed by atoms with Crippen LogP contribution < -0.4 is 9.64 Å². The highest BCUT2D eigenvalue weighted by Gasteiger charge is 2.51. The molecule has 2 aromatic carbocycles. The third-order valence-corrected chi connectivity index (χ3v) is 5.81. The number of fused-ring (bicyclic) bond motifs is 1. The molecule has 4 rings (SSSR count). The molecule has 0 N–H and O–H groups in total. The van der Waals surface area contributed by atoms with Gasteiger partial charge in [-0.2, -0.15) is 0 Å². The molecule has 3 aromatic rings. The Morgan fingerprint density at radius 3 is 2.72 bits per heavy atom. The molecule has 1 aliphatic heterocycles. The van der Waals surface area contributed by atoms with Crippen molar-refractivity contribution in [2.45, 2.75) is 25.8 Å². The fraction of sp³-hybridized carbons (Fsp3) is 0.250. The lowest BCUT2D eigenvalue weighted by Crippen LogP contribution is -2.44. The Bertz CT molecular complexity index is 1250. The van der Waals surface area contributed by atoms with Gasteiger partial charge in [-0.3, -0.25) is 9.78 Å². The largest absolute Gasteiger partial charge is 0.493 e. The first-order valence-electron chi connectivity index (χ1n) is 10.1. The number of ether oxygens (including phenoxy) is 1. The fourth-order valence-electron chi connectivity index (χ4n) is 3.71. The van der Waals surface area contributed by atoms with E-state index in [1.54, 1.807) is 26.1 Å². The van der Waals surface area contributed by atoms with Gasteiger partial charge in [-0.15, -0.1) is 0 Å². The highest BCUT2D eigenvalue weighted by Crippen LogP contribution is 2.36. The molecule has 8 heteroatoms. The summed E-state index contributed by atoms with van der Waals surface area (Å²) in [5, 5.41) is 1.24. The van der Waals surface area contributed by atoms with Crippen LogP contribution in [0.5, 0.6) is 5.75 Å². The number of rotatable bonds is 6. The number of pyridine rings is 1. The Morgan fingerprint density at radius 1 is 1.16 bits per heavy atom. The molecule has 0 bridgehead atoms. The second-order valence-electron chi connectivity index (χ2n) is 7.94. The van der Waals surface area contributed by atoms with Gasteiger partial charge in [-0.1, -0.05) is 23.7 Å². The molecule has 162 valence electrons. The van der Waals surface area contributed by atoms with Gasteiger partial charge in [0.1, 0.15) is 11.3 Å². The second kappa shape index (κ2) is 8.48. The molecular formula is C24H21ClN4O3. The van der Waals surface area contributed by atoms with Crippen molar-refractivity contribution >= 4 is 45.8 Å². The molecule has 0 radical (unpaired) electrons. The standard InChI is InChI=1S/C24H21ClN4O3/c1-24(2)22(30)29(17-8-10-20(26-3)19(25)14-17)23(31)28(24)12-5-13-32-18-9-7-16-6-4-11-27-21(16)15-18/h4,6-11,14-15H,5,12-13H2,1-2H3. The molecule has 0 unspecified atom stereocenters. The van der Waals surface area contributed by atoms with E-state index in [-0.39, 0.29) is 16.6 Å².